The molecule has 0 saturated carbocycles. The lowest BCUT2D eigenvalue weighted by Gasteiger charge is -2.26. The second-order valence-electron chi connectivity index (χ2n) is 12.7. The number of rotatable bonds is 15. The Hall–Kier alpha value is -2.60. The number of hydrogen-bond acceptors (Lipinski definition) is 5. The number of ether oxygens (including phenoxy) is 3. The van der Waals surface area contributed by atoms with Gasteiger partial charge in [0.2, 0.25) is 0 Å². The van der Waals surface area contributed by atoms with E-state index in [2.05, 4.69) is 50.8 Å². The molecule has 0 heterocycles. The van der Waals surface area contributed by atoms with Gasteiger partial charge in [0, 0.05) is 8.07 Å². The topological polar surface area (TPSA) is 61.8 Å². The van der Waals surface area contributed by atoms with Gasteiger partial charge in [-0.05, 0) is 81.3 Å². The highest BCUT2D eigenvalue weighted by Gasteiger charge is 2.31. The van der Waals surface area contributed by atoms with E-state index in [0.717, 1.165) is 54.2 Å². The number of esters is 2. The maximum atomic E-state index is 13.3. The van der Waals surface area contributed by atoms with Gasteiger partial charge in [0.05, 0.1) is 25.6 Å². The molecule has 0 aliphatic heterocycles. The molecule has 0 fully saturated rings. The van der Waals surface area contributed by atoms with Gasteiger partial charge in [0.15, 0.2) is 0 Å². The summed E-state index contributed by atoms with van der Waals surface area (Å²) in [6.45, 7) is 15.1. The number of carbonyl (C=O) groups excluding carboxylic acids is 2. The summed E-state index contributed by atoms with van der Waals surface area (Å²) in [5.74, 6) is -0.215. The molecule has 0 radical (unpaired) electrons. The van der Waals surface area contributed by atoms with Gasteiger partial charge in [-0.1, -0.05) is 75.8 Å². The first-order valence-corrected chi connectivity index (χ1v) is 18.1. The van der Waals surface area contributed by atoms with Crippen LogP contribution in [0.4, 0.5) is 0 Å². The Balaban J connectivity index is 2.15. The Labute approximate surface area is 237 Å². The largest absolute Gasteiger partial charge is 0.497 e. The average molecular weight is 555 g/mol. The Bertz CT molecular complexity index is 1020. The molecule has 2 aromatic carbocycles. The number of methoxy groups -OCH3 is 1. The molecular formula is C33H50O5Si. The lowest BCUT2D eigenvalue weighted by atomic mass is 9.86. The normalized spacial score (nSPS) is 13.4. The van der Waals surface area contributed by atoms with E-state index < -0.39 is 13.7 Å². The van der Waals surface area contributed by atoms with Gasteiger partial charge in [0.25, 0.3) is 0 Å². The van der Waals surface area contributed by atoms with Gasteiger partial charge in [-0.2, -0.15) is 0 Å². The third-order valence-corrected chi connectivity index (χ3v) is 8.51. The van der Waals surface area contributed by atoms with E-state index in [1.165, 1.54) is 0 Å². The van der Waals surface area contributed by atoms with Gasteiger partial charge in [-0.3, -0.25) is 9.59 Å². The van der Waals surface area contributed by atoms with E-state index in [0.29, 0.717) is 19.4 Å². The fourth-order valence-electron chi connectivity index (χ4n) is 4.41. The molecule has 2 aromatic rings. The lowest BCUT2D eigenvalue weighted by Crippen LogP contribution is -2.32. The zero-order valence-electron chi connectivity index (χ0n) is 25.5. The molecule has 39 heavy (non-hydrogen) atoms. The van der Waals surface area contributed by atoms with Crippen LogP contribution in [-0.4, -0.2) is 39.3 Å². The predicted molar refractivity (Wildman–Crippen MR) is 163 cm³/mol. The zero-order chi connectivity index (χ0) is 29.1. The van der Waals surface area contributed by atoms with Crippen LogP contribution in [0, 0.1) is 11.8 Å². The third-order valence-electron chi connectivity index (χ3n) is 6.80. The summed E-state index contributed by atoms with van der Waals surface area (Å²) in [7, 11) is 0.344. The molecule has 6 heteroatoms. The van der Waals surface area contributed by atoms with Crippen molar-refractivity contribution in [3.63, 3.8) is 0 Å². The number of benzene rings is 2. The summed E-state index contributed by atoms with van der Waals surface area (Å²) in [5, 5.41) is 0. The van der Waals surface area contributed by atoms with E-state index in [1.54, 1.807) is 7.11 Å². The Morgan fingerprint density at radius 1 is 0.846 bits per heavy atom. The van der Waals surface area contributed by atoms with Gasteiger partial charge in [-0.25, -0.2) is 0 Å². The molecule has 0 bridgehead atoms. The molecule has 2 rings (SSSR count). The quantitative estimate of drug-likeness (QED) is 0.164. The second-order valence-corrected chi connectivity index (χ2v) is 18.4. The summed E-state index contributed by atoms with van der Waals surface area (Å²) in [6.07, 6.45) is 4.48. The first-order chi connectivity index (χ1) is 18.3. The molecule has 0 unspecified atom stereocenters. The molecule has 0 amide bonds. The first kappa shape index (κ1) is 32.6. The van der Waals surface area contributed by atoms with Crippen molar-refractivity contribution in [2.45, 2.75) is 97.5 Å². The first-order valence-electron chi connectivity index (χ1n) is 14.4. The molecule has 0 N–H and O–H groups in total. The minimum absolute atomic E-state index is 0.187. The highest BCUT2D eigenvalue weighted by atomic mass is 28.3. The fraction of sp³-hybridized carbons (Fsp3) is 0.576. The van der Waals surface area contributed by atoms with Crippen molar-refractivity contribution in [3.8, 4) is 16.9 Å². The van der Waals surface area contributed by atoms with E-state index in [1.807, 2.05) is 45.0 Å². The van der Waals surface area contributed by atoms with Crippen LogP contribution >= 0.6 is 0 Å². The smallest absolute Gasteiger partial charge is 0.309 e. The van der Waals surface area contributed by atoms with Crippen LogP contribution in [0.25, 0.3) is 11.1 Å². The Morgan fingerprint density at radius 3 is 1.92 bits per heavy atom. The summed E-state index contributed by atoms with van der Waals surface area (Å²) >= 11 is 0. The molecule has 0 aliphatic rings. The molecule has 0 aliphatic carbocycles. The Morgan fingerprint density at radius 2 is 1.41 bits per heavy atom. The van der Waals surface area contributed by atoms with Crippen LogP contribution in [0.1, 0.15) is 65.4 Å². The van der Waals surface area contributed by atoms with Crippen molar-refractivity contribution in [1.29, 1.82) is 0 Å². The van der Waals surface area contributed by atoms with Crippen molar-refractivity contribution >= 4 is 20.0 Å². The van der Waals surface area contributed by atoms with Crippen molar-refractivity contribution in [1.82, 2.24) is 0 Å². The van der Waals surface area contributed by atoms with Gasteiger partial charge in [0.1, 0.15) is 11.4 Å². The zero-order valence-corrected chi connectivity index (χ0v) is 26.5. The van der Waals surface area contributed by atoms with E-state index in [-0.39, 0.29) is 23.8 Å². The van der Waals surface area contributed by atoms with Crippen LogP contribution in [-0.2, 0) is 25.5 Å². The van der Waals surface area contributed by atoms with Crippen molar-refractivity contribution < 1.29 is 23.8 Å². The van der Waals surface area contributed by atoms with Crippen LogP contribution in [0.5, 0.6) is 5.75 Å². The van der Waals surface area contributed by atoms with Crippen LogP contribution in [0.15, 0.2) is 48.5 Å². The van der Waals surface area contributed by atoms with E-state index in [4.69, 9.17) is 14.2 Å². The van der Waals surface area contributed by atoms with Crippen molar-refractivity contribution in [2.24, 2.45) is 11.8 Å². The third kappa shape index (κ3) is 12.4. The summed E-state index contributed by atoms with van der Waals surface area (Å²) in [4.78, 5) is 26.4. The maximum absolute atomic E-state index is 13.3. The minimum atomic E-state index is -1.32. The summed E-state index contributed by atoms with van der Waals surface area (Å²) < 4.78 is 16.8. The number of carbonyl (C=O) groups is 2. The molecule has 0 spiro atoms. The predicted octanol–water partition coefficient (Wildman–Crippen LogP) is 8.33. The summed E-state index contributed by atoms with van der Waals surface area (Å²) in [5.41, 5.74) is 2.87. The van der Waals surface area contributed by atoms with Crippen LogP contribution in [0.3, 0.4) is 0 Å². The van der Waals surface area contributed by atoms with Gasteiger partial charge < -0.3 is 14.2 Å². The molecule has 0 saturated heterocycles. The fourth-order valence-corrected chi connectivity index (χ4v) is 5.12. The molecule has 0 aromatic heterocycles. The van der Waals surface area contributed by atoms with Crippen LogP contribution < -0.4 is 4.74 Å². The maximum Gasteiger partial charge on any atom is 0.309 e. The van der Waals surface area contributed by atoms with Crippen molar-refractivity contribution in [2.75, 3.05) is 13.7 Å². The second kappa shape index (κ2) is 15.3. The highest BCUT2D eigenvalue weighted by Crippen LogP contribution is 2.28. The van der Waals surface area contributed by atoms with Crippen LogP contribution in [0.2, 0.25) is 25.7 Å². The summed E-state index contributed by atoms with van der Waals surface area (Å²) in [6, 6.07) is 17.4. The van der Waals surface area contributed by atoms with Gasteiger partial charge in [-0.15, -0.1) is 0 Å². The number of hydrogen-bond donors (Lipinski definition) is 0. The monoisotopic (exact) mass is 554 g/mol. The molecule has 216 valence electrons. The molecule has 2 atom stereocenters. The van der Waals surface area contributed by atoms with E-state index in [9.17, 15) is 9.59 Å². The lowest BCUT2D eigenvalue weighted by molar-refractivity contribution is -0.162. The van der Waals surface area contributed by atoms with E-state index >= 15 is 0 Å². The SMILES string of the molecule is CCCC[C@@H](C[C@@H](CCc1ccc(-c2ccc(OC)cc2)cc1)C(=O)OCC[Si](C)(C)C)C(=O)OC(C)(C)C. The standard InChI is InChI=1S/C33H50O5Si/c1-9-10-11-28(32(35)38-33(2,3)4)24-29(31(34)37-22-23-39(6,7)8)17-14-25-12-15-26(16-13-25)27-18-20-30(36-5)21-19-27/h12-13,15-16,18-21,28-29H,9-11,14,17,22-24H2,1-8H3/t28-,29+/m0/s1. The average Bonchev–Trinajstić information content (AvgIpc) is 2.86. The molecule has 5 nitrogen and oxygen atoms in total. The van der Waals surface area contributed by atoms with Gasteiger partial charge >= 0.3 is 11.9 Å². The highest BCUT2D eigenvalue weighted by molar-refractivity contribution is 6.76. The Kier molecular flexibility index (Phi) is 12.8. The number of aryl methyl sites for hydroxylation is 1. The molecular weight excluding hydrogens is 504 g/mol. The number of unbranched alkanes of at least 4 members (excludes halogenated alkanes) is 1. The van der Waals surface area contributed by atoms with Crippen molar-refractivity contribution in [3.05, 3.63) is 54.1 Å². The minimum Gasteiger partial charge on any atom is -0.497 e.